The number of hydrogen-bond donors (Lipinski definition) is 1. The Hall–Kier alpha value is -2.63. The molecule has 0 aliphatic rings. The quantitative estimate of drug-likeness (QED) is 0.530. The van der Waals surface area contributed by atoms with Gasteiger partial charge in [-0.3, -0.25) is 14.4 Å². The van der Waals surface area contributed by atoms with Gasteiger partial charge in [-0.15, -0.1) is 11.8 Å². The van der Waals surface area contributed by atoms with Gasteiger partial charge in [0, 0.05) is 11.1 Å². The predicted molar refractivity (Wildman–Crippen MR) is 115 cm³/mol. The van der Waals surface area contributed by atoms with Crippen molar-refractivity contribution in [3.8, 4) is 0 Å². The monoisotopic (exact) mass is 468 g/mol. The van der Waals surface area contributed by atoms with E-state index in [4.69, 9.17) is 20.9 Å². The fourth-order valence-corrected chi connectivity index (χ4v) is 4.37. The number of rotatable bonds is 7. The van der Waals surface area contributed by atoms with E-state index in [1.54, 1.807) is 35.8 Å². The minimum atomic E-state index is -0.465. The summed E-state index contributed by atoms with van der Waals surface area (Å²) >= 11 is 8.39. The van der Waals surface area contributed by atoms with Crippen molar-refractivity contribution in [1.29, 1.82) is 0 Å². The number of halogens is 1. The number of thiazole rings is 1. The second-order valence-corrected chi connectivity index (χ2v) is 8.46. The number of carbonyl (C=O) groups is 3. The van der Waals surface area contributed by atoms with Crippen LogP contribution in [0.25, 0.3) is 10.2 Å². The first-order valence-electron chi connectivity index (χ1n) is 8.60. The Morgan fingerprint density at radius 2 is 2.13 bits per heavy atom. The first-order chi connectivity index (χ1) is 14.4. The van der Waals surface area contributed by atoms with Gasteiger partial charge in [-0.2, -0.15) is 4.99 Å². The van der Waals surface area contributed by atoms with Crippen LogP contribution in [0.5, 0.6) is 0 Å². The molecule has 30 heavy (non-hydrogen) atoms. The van der Waals surface area contributed by atoms with Crippen LogP contribution in [0.15, 0.2) is 33.8 Å². The number of methoxy groups -OCH3 is 1. The number of fused-ring (bicyclic) bond motifs is 1. The number of nitrogens with zero attached hydrogens (tertiary/aromatic N) is 3. The average Bonchev–Trinajstić information content (AvgIpc) is 3.24. The third-order valence-electron chi connectivity index (χ3n) is 3.73. The molecular formula is C18H17ClN4O5S2. The van der Waals surface area contributed by atoms with Gasteiger partial charge in [0.05, 0.1) is 28.8 Å². The number of esters is 1. The summed E-state index contributed by atoms with van der Waals surface area (Å²) in [6.45, 7) is 1.63. The molecule has 9 nitrogen and oxygen atoms in total. The van der Waals surface area contributed by atoms with E-state index < -0.39 is 11.9 Å². The molecule has 2 aromatic heterocycles. The highest BCUT2D eigenvalue weighted by atomic mass is 35.5. The van der Waals surface area contributed by atoms with Gasteiger partial charge < -0.3 is 19.1 Å². The second-order valence-electron chi connectivity index (χ2n) is 6.03. The van der Waals surface area contributed by atoms with E-state index in [1.807, 2.05) is 0 Å². The zero-order valence-corrected chi connectivity index (χ0v) is 18.4. The molecule has 0 spiro atoms. The molecule has 0 atom stereocenters. The molecule has 1 aromatic carbocycles. The molecule has 0 fully saturated rings. The van der Waals surface area contributed by atoms with E-state index in [0.717, 1.165) is 22.0 Å². The Morgan fingerprint density at radius 1 is 1.33 bits per heavy atom. The van der Waals surface area contributed by atoms with Crippen LogP contribution in [0.2, 0.25) is 5.02 Å². The van der Waals surface area contributed by atoms with Crippen molar-refractivity contribution in [2.45, 2.75) is 13.5 Å². The molecule has 0 aliphatic carbocycles. The average molecular weight is 469 g/mol. The summed E-state index contributed by atoms with van der Waals surface area (Å²) in [6.07, 6.45) is 0. The molecule has 2 amide bonds. The molecule has 3 aromatic rings. The molecule has 0 saturated heterocycles. The predicted octanol–water partition coefficient (Wildman–Crippen LogP) is 2.62. The molecule has 2 heterocycles. The Balaban J connectivity index is 1.68. The Labute approximate surface area is 184 Å². The largest absolute Gasteiger partial charge is 0.468 e. The van der Waals surface area contributed by atoms with Crippen LogP contribution in [-0.4, -0.2) is 46.1 Å². The van der Waals surface area contributed by atoms with Gasteiger partial charge in [0.2, 0.25) is 5.91 Å². The van der Waals surface area contributed by atoms with E-state index in [2.05, 4.69) is 15.5 Å². The third-order valence-corrected chi connectivity index (χ3v) is 5.93. The third kappa shape index (κ3) is 5.71. The van der Waals surface area contributed by atoms with Crippen LogP contribution in [0.1, 0.15) is 5.76 Å². The number of ether oxygens (including phenoxy) is 1. The highest BCUT2D eigenvalue weighted by Gasteiger charge is 2.13. The number of thioether (sulfide) groups is 1. The van der Waals surface area contributed by atoms with Gasteiger partial charge in [-0.25, -0.2) is 0 Å². The SMILES string of the molecule is COC(=O)Cn1c(=NC(=O)CSCC(=O)Nc2cc(C)on2)sc2cc(Cl)ccc21. The molecule has 0 radical (unpaired) electrons. The highest BCUT2D eigenvalue weighted by molar-refractivity contribution is 8.00. The van der Waals surface area contributed by atoms with E-state index >= 15 is 0 Å². The van der Waals surface area contributed by atoms with Gasteiger partial charge >= 0.3 is 5.97 Å². The van der Waals surface area contributed by atoms with E-state index in [1.165, 1.54) is 18.4 Å². The van der Waals surface area contributed by atoms with Crippen LogP contribution in [0, 0.1) is 6.92 Å². The zero-order valence-electron chi connectivity index (χ0n) is 16.0. The summed E-state index contributed by atoms with van der Waals surface area (Å²) in [5.41, 5.74) is 0.719. The maximum absolute atomic E-state index is 12.3. The van der Waals surface area contributed by atoms with Crippen molar-refractivity contribution >= 4 is 68.5 Å². The lowest BCUT2D eigenvalue weighted by Gasteiger charge is -2.03. The minimum Gasteiger partial charge on any atom is -0.468 e. The van der Waals surface area contributed by atoms with Crippen LogP contribution >= 0.6 is 34.7 Å². The van der Waals surface area contributed by atoms with Crippen LogP contribution in [0.3, 0.4) is 0 Å². The Bertz CT molecular complexity index is 1170. The van der Waals surface area contributed by atoms with Crippen molar-refractivity contribution < 1.29 is 23.6 Å². The maximum atomic E-state index is 12.3. The van der Waals surface area contributed by atoms with Crippen molar-refractivity contribution in [2.24, 2.45) is 4.99 Å². The normalized spacial score (nSPS) is 11.6. The van der Waals surface area contributed by atoms with E-state index in [0.29, 0.717) is 21.4 Å². The van der Waals surface area contributed by atoms with E-state index in [9.17, 15) is 14.4 Å². The summed E-state index contributed by atoms with van der Waals surface area (Å²) in [5.74, 6) is -0.248. The Kier molecular flexibility index (Phi) is 7.29. The lowest BCUT2D eigenvalue weighted by Crippen LogP contribution is -2.23. The van der Waals surface area contributed by atoms with Crippen LogP contribution in [0.4, 0.5) is 5.82 Å². The van der Waals surface area contributed by atoms with Gasteiger partial charge in [0.25, 0.3) is 5.91 Å². The number of anilines is 1. The molecule has 0 saturated carbocycles. The fraction of sp³-hybridized carbons (Fsp3) is 0.278. The minimum absolute atomic E-state index is 0.00150. The van der Waals surface area contributed by atoms with Crippen molar-refractivity contribution in [1.82, 2.24) is 9.72 Å². The van der Waals surface area contributed by atoms with Crippen LogP contribution in [-0.2, 0) is 25.7 Å². The number of carbonyl (C=O) groups excluding carboxylic acids is 3. The smallest absolute Gasteiger partial charge is 0.325 e. The maximum Gasteiger partial charge on any atom is 0.325 e. The molecule has 158 valence electrons. The van der Waals surface area contributed by atoms with Crippen LogP contribution < -0.4 is 10.1 Å². The summed E-state index contributed by atoms with van der Waals surface area (Å²) in [6, 6.07) is 6.78. The first kappa shape index (κ1) is 22.1. The number of aromatic nitrogens is 2. The van der Waals surface area contributed by atoms with Gasteiger partial charge in [0.15, 0.2) is 10.6 Å². The number of amides is 2. The molecule has 12 heteroatoms. The fourth-order valence-electron chi connectivity index (χ4n) is 2.45. The summed E-state index contributed by atoms with van der Waals surface area (Å²) in [5, 5.41) is 6.78. The molecule has 1 N–H and O–H groups in total. The summed E-state index contributed by atoms with van der Waals surface area (Å²) < 4.78 is 12.0. The molecule has 3 rings (SSSR count). The summed E-state index contributed by atoms with van der Waals surface area (Å²) in [4.78, 5) is 40.4. The standard InChI is InChI=1S/C18H17ClN4O5S2/c1-10-5-14(22-28-10)20-15(24)8-29-9-16(25)21-18-23(7-17(26)27-2)12-4-3-11(19)6-13(12)30-18/h3-6H,7-9H2,1-2H3,(H,20,22,24). The molecule has 0 unspecified atom stereocenters. The Morgan fingerprint density at radius 3 is 2.83 bits per heavy atom. The topological polar surface area (TPSA) is 116 Å². The number of aryl methyl sites for hydroxylation is 1. The number of nitrogens with one attached hydrogen (secondary N) is 1. The highest BCUT2D eigenvalue weighted by Crippen LogP contribution is 2.22. The van der Waals surface area contributed by atoms with Gasteiger partial charge in [0.1, 0.15) is 12.3 Å². The van der Waals surface area contributed by atoms with Crippen molar-refractivity contribution in [2.75, 3.05) is 23.9 Å². The summed E-state index contributed by atoms with van der Waals surface area (Å²) in [7, 11) is 1.29. The van der Waals surface area contributed by atoms with Crippen molar-refractivity contribution in [3.63, 3.8) is 0 Å². The second kappa shape index (κ2) is 9.92. The van der Waals surface area contributed by atoms with Gasteiger partial charge in [-0.1, -0.05) is 28.1 Å². The van der Waals surface area contributed by atoms with Crippen molar-refractivity contribution in [3.05, 3.63) is 39.8 Å². The molecule has 0 aliphatic heterocycles. The molecular weight excluding hydrogens is 452 g/mol. The zero-order chi connectivity index (χ0) is 21.7. The first-order valence-corrected chi connectivity index (χ1v) is 10.9. The lowest BCUT2D eigenvalue weighted by atomic mass is 10.3. The number of benzene rings is 1. The lowest BCUT2D eigenvalue weighted by molar-refractivity contribution is -0.141. The van der Waals surface area contributed by atoms with E-state index in [-0.39, 0.29) is 24.0 Å². The molecule has 0 bridgehead atoms. The van der Waals surface area contributed by atoms with Gasteiger partial charge in [-0.05, 0) is 25.1 Å². The number of hydrogen-bond acceptors (Lipinski definition) is 8.